The molecule has 0 bridgehead atoms. The van der Waals surface area contributed by atoms with E-state index in [-0.39, 0.29) is 17.5 Å². The van der Waals surface area contributed by atoms with Crippen molar-refractivity contribution in [2.24, 2.45) is 0 Å². The highest BCUT2D eigenvalue weighted by Gasteiger charge is 2.34. The molecule has 0 spiro atoms. The zero-order chi connectivity index (χ0) is 20.4. The number of anilines is 1. The van der Waals surface area contributed by atoms with Gasteiger partial charge < -0.3 is 5.32 Å². The Labute approximate surface area is 167 Å². The van der Waals surface area contributed by atoms with Gasteiger partial charge in [0.2, 0.25) is 0 Å². The Balaban J connectivity index is 1.48. The molecule has 2 aromatic heterocycles. The molecule has 1 aliphatic rings. The van der Waals surface area contributed by atoms with Crippen LogP contribution in [0.15, 0.2) is 48.9 Å². The van der Waals surface area contributed by atoms with Crippen LogP contribution < -0.4 is 10.2 Å². The number of fused-ring (bicyclic) bond motifs is 1. The summed E-state index contributed by atoms with van der Waals surface area (Å²) in [4.78, 5) is 35.7. The minimum atomic E-state index is -0.697. The van der Waals surface area contributed by atoms with E-state index in [0.29, 0.717) is 18.8 Å². The maximum Gasteiger partial charge on any atom is 0.274 e. The van der Waals surface area contributed by atoms with Crippen LogP contribution >= 0.6 is 0 Å². The summed E-state index contributed by atoms with van der Waals surface area (Å²) >= 11 is 0. The van der Waals surface area contributed by atoms with Crippen molar-refractivity contribution in [1.29, 1.82) is 0 Å². The Kier molecular flexibility index (Phi) is 5.03. The van der Waals surface area contributed by atoms with Gasteiger partial charge in [-0.25, -0.2) is 9.67 Å². The third kappa shape index (κ3) is 3.84. The molecular weight excluding hydrogens is 370 g/mol. The summed E-state index contributed by atoms with van der Waals surface area (Å²) in [7, 11) is 1.64. The van der Waals surface area contributed by atoms with E-state index in [1.807, 2.05) is 37.3 Å². The van der Waals surface area contributed by atoms with Gasteiger partial charge in [-0.05, 0) is 12.0 Å². The number of hydrogen-bond acceptors (Lipinski definition) is 6. The van der Waals surface area contributed by atoms with Crippen molar-refractivity contribution in [3.05, 3.63) is 65.9 Å². The predicted octanol–water partition coefficient (Wildman–Crippen LogP) is 1.38. The first-order valence-corrected chi connectivity index (χ1v) is 9.36. The average Bonchev–Trinajstić information content (AvgIpc) is 3.18. The number of nitrogens with zero attached hydrogens (tertiary/aromatic N) is 6. The number of hydrogen-bond donors (Lipinski definition) is 1. The van der Waals surface area contributed by atoms with Gasteiger partial charge in [-0.3, -0.25) is 19.5 Å². The lowest BCUT2D eigenvalue weighted by Crippen LogP contribution is -2.47. The molecule has 0 saturated heterocycles. The Bertz CT molecular complexity index is 1030. The lowest BCUT2D eigenvalue weighted by Gasteiger charge is -2.20. The first kappa shape index (κ1) is 18.7. The number of amides is 2. The molecule has 4 rings (SSSR count). The van der Waals surface area contributed by atoms with Crippen LogP contribution in [0, 0.1) is 0 Å². The summed E-state index contributed by atoms with van der Waals surface area (Å²) < 4.78 is 1.59. The molecule has 2 amide bonds. The van der Waals surface area contributed by atoms with E-state index < -0.39 is 11.9 Å². The molecule has 1 aliphatic heterocycles. The molecule has 9 nitrogen and oxygen atoms in total. The zero-order valence-electron chi connectivity index (χ0n) is 16.2. The van der Waals surface area contributed by atoms with Gasteiger partial charge in [-0.2, -0.15) is 0 Å². The fourth-order valence-electron chi connectivity index (χ4n) is 3.45. The molecule has 1 aromatic carbocycles. The standard InChI is InChI=1S/C20H21N7O2/c1-13-10-15(20(29)26(2)18-17(13)21-8-9-22-18)23-19(28)16-12-27(25-24-16)11-14-6-4-3-5-7-14/h3-9,12-13,15H,10-11H2,1-2H3,(H,23,28)/t13?,15-/m0/s1. The van der Waals surface area contributed by atoms with Gasteiger partial charge in [-0.15, -0.1) is 5.10 Å². The van der Waals surface area contributed by atoms with E-state index in [1.165, 1.54) is 4.90 Å². The van der Waals surface area contributed by atoms with Gasteiger partial charge in [-0.1, -0.05) is 42.5 Å². The summed E-state index contributed by atoms with van der Waals surface area (Å²) in [6.45, 7) is 2.48. The first-order chi connectivity index (χ1) is 14.0. The molecule has 2 atom stereocenters. The summed E-state index contributed by atoms with van der Waals surface area (Å²) in [5.41, 5.74) is 1.97. The van der Waals surface area contributed by atoms with Crippen LogP contribution in [-0.2, 0) is 11.3 Å². The Morgan fingerprint density at radius 2 is 1.97 bits per heavy atom. The smallest absolute Gasteiger partial charge is 0.274 e. The normalized spacial score (nSPS) is 18.8. The number of likely N-dealkylation sites (N-methyl/N-ethyl adjacent to an activating group) is 1. The fourth-order valence-corrected chi connectivity index (χ4v) is 3.45. The summed E-state index contributed by atoms with van der Waals surface area (Å²) in [6, 6.07) is 9.08. The molecule has 0 aliphatic carbocycles. The van der Waals surface area contributed by atoms with E-state index in [2.05, 4.69) is 25.6 Å². The van der Waals surface area contributed by atoms with Crippen LogP contribution in [0.25, 0.3) is 0 Å². The molecule has 0 saturated carbocycles. The van der Waals surface area contributed by atoms with Crippen LogP contribution in [0.2, 0.25) is 0 Å². The largest absolute Gasteiger partial charge is 0.339 e. The fraction of sp³-hybridized carbons (Fsp3) is 0.300. The van der Waals surface area contributed by atoms with Gasteiger partial charge in [0.25, 0.3) is 11.8 Å². The second-order valence-electron chi connectivity index (χ2n) is 7.11. The Hall–Kier alpha value is -3.62. The number of nitrogens with one attached hydrogen (secondary N) is 1. The summed E-state index contributed by atoms with van der Waals surface area (Å²) in [5, 5.41) is 10.8. The molecule has 3 aromatic rings. The van der Waals surface area contributed by atoms with Crippen LogP contribution in [0.5, 0.6) is 0 Å². The maximum absolute atomic E-state index is 12.9. The Morgan fingerprint density at radius 1 is 1.21 bits per heavy atom. The van der Waals surface area contributed by atoms with Gasteiger partial charge in [0.15, 0.2) is 11.5 Å². The monoisotopic (exact) mass is 391 g/mol. The first-order valence-electron chi connectivity index (χ1n) is 9.36. The van der Waals surface area contributed by atoms with Crippen molar-refractivity contribution in [2.45, 2.75) is 31.8 Å². The van der Waals surface area contributed by atoms with Gasteiger partial charge in [0.1, 0.15) is 6.04 Å². The highest BCUT2D eigenvalue weighted by Crippen LogP contribution is 2.30. The highest BCUT2D eigenvalue weighted by molar-refractivity contribution is 6.01. The van der Waals surface area contributed by atoms with Gasteiger partial charge >= 0.3 is 0 Å². The molecule has 0 radical (unpaired) electrons. The number of aromatic nitrogens is 5. The lowest BCUT2D eigenvalue weighted by atomic mass is 9.99. The SMILES string of the molecule is CC1C[C@H](NC(=O)c2cn(Cc3ccccc3)nn2)C(=O)N(C)c2nccnc21. The van der Waals surface area contributed by atoms with Crippen molar-refractivity contribution in [2.75, 3.05) is 11.9 Å². The van der Waals surface area contributed by atoms with Crippen molar-refractivity contribution in [3.8, 4) is 0 Å². The van der Waals surface area contributed by atoms with E-state index in [9.17, 15) is 9.59 Å². The van der Waals surface area contributed by atoms with Crippen LogP contribution in [0.1, 0.15) is 41.0 Å². The van der Waals surface area contributed by atoms with E-state index in [4.69, 9.17) is 0 Å². The van der Waals surface area contributed by atoms with Crippen LogP contribution in [0.4, 0.5) is 5.82 Å². The van der Waals surface area contributed by atoms with Crippen LogP contribution in [-0.4, -0.2) is 49.9 Å². The number of carbonyl (C=O) groups excluding carboxylic acids is 2. The molecular formula is C20H21N7O2. The zero-order valence-corrected chi connectivity index (χ0v) is 16.2. The summed E-state index contributed by atoms with van der Waals surface area (Å²) in [6.07, 6.45) is 5.17. The molecule has 1 N–H and O–H groups in total. The van der Waals surface area contributed by atoms with Gasteiger partial charge in [0, 0.05) is 25.4 Å². The molecule has 29 heavy (non-hydrogen) atoms. The second-order valence-corrected chi connectivity index (χ2v) is 7.11. The predicted molar refractivity (Wildman–Crippen MR) is 105 cm³/mol. The number of benzene rings is 1. The average molecular weight is 391 g/mol. The van der Waals surface area contributed by atoms with Crippen molar-refractivity contribution < 1.29 is 9.59 Å². The molecule has 1 unspecified atom stereocenters. The van der Waals surface area contributed by atoms with Crippen molar-refractivity contribution in [3.63, 3.8) is 0 Å². The van der Waals surface area contributed by atoms with Crippen LogP contribution in [0.3, 0.4) is 0 Å². The third-order valence-corrected chi connectivity index (χ3v) is 4.97. The molecule has 3 heterocycles. The quantitative estimate of drug-likeness (QED) is 0.720. The molecule has 0 fully saturated rings. The highest BCUT2D eigenvalue weighted by atomic mass is 16.2. The third-order valence-electron chi connectivity index (χ3n) is 4.97. The lowest BCUT2D eigenvalue weighted by molar-refractivity contribution is -0.120. The number of carbonyl (C=O) groups is 2. The Morgan fingerprint density at radius 3 is 2.76 bits per heavy atom. The molecule has 9 heteroatoms. The summed E-state index contributed by atoms with van der Waals surface area (Å²) in [5.74, 6) is -0.182. The number of rotatable bonds is 4. The van der Waals surface area contributed by atoms with Crippen molar-refractivity contribution in [1.82, 2.24) is 30.3 Å². The van der Waals surface area contributed by atoms with Crippen molar-refractivity contribution >= 4 is 17.6 Å². The van der Waals surface area contributed by atoms with Gasteiger partial charge in [0.05, 0.1) is 18.4 Å². The topological polar surface area (TPSA) is 106 Å². The maximum atomic E-state index is 12.9. The van der Waals surface area contributed by atoms with E-state index >= 15 is 0 Å². The van der Waals surface area contributed by atoms with E-state index in [0.717, 1.165) is 11.3 Å². The second kappa shape index (κ2) is 7.78. The minimum Gasteiger partial charge on any atom is -0.339 e. The van der Waals surface area contributed by atoms with E-state index in [1.54, 1.807) is 30.3 Å². The minimum absolute atomic E-state index is 0.0355. The molecule has 148 valence electrons.